The van der Waals surface area contributed by atoms with E-state index in [4.69, 9.17) is 5.14 Å². The number of rotatable bonds is 3. The van der Waals surface area contributed by atoms with Crippen LogP contribution in [0.3, 0.4) is 0 Å². The van der Waals surface area contributed by atoms with Crippen LogP contribution in [-0.4, -0.2) is 15.5 Å². The Morgan fingerprint density at radius 1 is 1.29 bits per heavy atom. The Morgan fingerprint density at radius 3 is 2.14 bits per heavy atom. The summed E-state index contributed by atoms with van der Waals surface area (Å²) < 4.78 is 21.9. The first-order chi connectivity index (χ1) is 6.45. The molecular weight excluding hydrogens is 200 g/mol. The fourth-order valence-electron chi connectivity index (χ4n) is 1.15. The van der Waals surface area contributed by atoms with E-state index in [2.05, 4.69) is 0 Å². The van der Waals surface area contributed by atoms with Gasteiger partial charge in [-0.1, -0.05) is 12.1 Å². The number of hydrogen-bond donors (Lipinski definition) is 2. The van der Waals surface area contributed by atoms with Crippen LogP contribution in [0.4, 0.5) is 0 Å². The summed E-state index contributed by atoms with van der Waals surface area (Å²) in [5.41, 5.74) is 1.08. The quantitative estimate of drug-likeness (QED) is 0.719. The van der Waals surface area contributed by atoms with Crippen molar-refractivity contribution in [3.63, 3.8) is 0 Å². The summed E-state index contributed by atoms with van der Waals surface area (Å²) in [5, 5.41) is 7.03. The molecule has 0 amide bonds. The third-order valence-corrected chi connectivity index (χ3v) is 3.16. The van der Waals surface area contributed by atoms with Crippen molar-refractivity contribution < 1.29 is 13.7 Å². The van der Waals surface area contributed by atoms with E-state index in [-0.39, 0.29) is 4.90 Å². The van der Waals surface area contributed by atoms with E-state index < -0.39 is 10.0 Å². The van der Waals surface area contributed by atoms with Crippen molar-refractivity contribution in [3.8, 4) is 0 Å². The van der Waals surface area contributed by atoms with Crippen molar-refractivity contribution in [2.45, 2.75) is 17.9 Å². The largest absolute Gasteiger partial charge is 0.343 e. The molecule has 1 aromatic carbocycles. The first-order valence-electron chi connectivity index (χ1n) is 4.37. The Morgan fingerprint density at radius 2 is 1.79 bits per heavy atom. The SMILES string of the molecule is C[NH2+][C@H](C)c1ccc(S(N)(=O)=O)cc1. The van der Waals surface area contributed by atoms with E-state index in [1.54, 1.807) is 12.1 Å². The van der Waals surface area contributed by atoms with Crippen LogP contribution >= 0.6 is 0 Å². The molecule has 0 radical (unpaired) electrons. The Hall–Kier alpha value is -0.910. The second kappa shape index (κ2) is 4.08. The number of primary sulfonamides is 1. The van der Waals surface area contributed by atoms with E-state index in [0.29, 0.717) is 6.04 Å². The highest BCUT2D eigenvalue weighted by atomic mass is 32.2. The number of hydrogen-bond acceptors (Lipinski definition) is 2. The van der Waals surface area contributed by atoms with Gasteiger partial charge in [-0.25, -0.2) is 13.6 Å². The number of nitrogens with two attached hydrogens (primary N) is 2. The van der Waals surface area contributed by atoms with Crippen molar-refractivity contribution in [1.29, 1.82) is 0 Å². The Bertz CT molecular complexity index is 397. The average Bonchev–Trinajstić information content (AvgIpc) is 2.15. The molecule has 0 aromatic heterocycles. The predicted octanol–water partition coefficient (Wildman–Crippen LogP) is -0.412. The molecule has 0 saturated heterocycles. The molecule has 78 valence electrons. The van der Waals surface area contributed by atoms with Crippen LogP contribution in [0, 0.1) is 0 Å². The summed E-state index contributed by atoms with van der Waals surface area (Å²) in [6.45, 7) is 2.05. The molecule has 4 nitrogen and oxygen atoms in total. The smallest absolute Gasteiger partial charge is 0.238 e. The maximum atomic E-state index is 11.0. The lowest BCUT2D eigenvalue weighted by molar-refractivity contribution is -0.666. The molecular formula is C9H15N2O2S+. The van der Waals surface area contributed by atoms with Gasteiger partial charge in [0.05, 0.1) is 11.9 Å². The van der Waals surface area contributed by atoms with E-state index in [1.807, 2.05) is 19.3 Å². The summed E-state index contributed by atoms with van der Waals surface area (Å²) in [4.78, 5) is 0.157. The van der Waals surface area contributed by atoms with Crippen LogP contribution in [0.2, 0.25) is 0 Å². The highest BCUT2D eigenvalue weighted by Gasteiger charge is 2.09. The van der Waals surface area contributed by atoms with E-state index in [0.717, 1.165) is 5.56 Å². The maximum absolute atomic E-state index is 11.0. The van der Waals surface area contributed by atoms with Crippen LogP contribution in [0.25, 0.3) is 0 Å². The van der Waals surface area contributed by atoms with Gasteiger partial charge in [0, 0.05) is 5.56 Å². The zero-order chi connectivity index (χ0) is 10.8. The molecule has 0 spiro atoms. The van der Waals surface area contributed by atoms with E-state index in [9.17, 15) is 8.42 Å². The highest BCUT2D eigenvalue weighted by molar-refractivity contribution is 7.89. The Balaban J connectivity index is 3.01. The Labute approximate surface area is 84.2 Å². The minimum absolute atomic E-state index is 0.157. The standard InChI is InChI=1S/C9H14N2O2S/c1-7(11-2)8-3-5-9(6-4-8)14(10,12)13/h3-7,11H,1-2H3,(H2,10,12,13)/p+1/t7-/m1/s1. The topological polar surface area (TPSA) is 76.8 Å². The minimum Gasteiger partial charge on any atom is -0.343 e. The first-order valence-corrected chi connectivity index (χ1v) is 5.92. The second-order valence-corrected chi connectivity index (χ2v) is 4.80. The molecule has 14 heavy (non-hydrogen) atoms. The van der Waals surface area contributed by atoms with Crippen LogP contribution in [0.15, 0.2) is 29.2 Å². The highest BCUT2D eigenvalue weighted by Crippen LogP contribution is 2.12. The summed E-state index contributed by atoms with van der Waals surface area (Å²) >= 11 is 0. The molecule has 0 heterocycles. The van der Waals surface area contributed by atoms with Crippen molar-refractivity contribution >= 4 is 10.0 Å². The second-order valence-electron chi connectivity index (χ2n) is 3.24. The van der Waals surface area contributed by atoms with Crippen molar-refractivity contribution in [3.05, 3.63) is 29.8 Å². The molecule has 0 bridgehead atoms. The number of sulfonamides is 1. The molecule has 1 rings (SSSR count). The van der Waals surface area contributed by atoms with Gasteiger partial charge < -0.3 is 5.32 Å². The van der Waals surface area contributed by atoms with Crippen molar-refractivity contribution in [2.24, 2.45) is 5.14 Å². The summed E-state index contributed by atoms with van der Waals surface area (Å²) in [6.07, 6.45) is 0. The summed E-state index contributed by atoms with van der Waals surface area (Å²) in [6, 6.07) is 6.95. The van der Waals surface area contributed by atoms with Crippen LogP contribution < -0.4 is 10.5 Å². The van der Waals surface area contributed by atoms with Crippen LogP contribution in [0.5, 0.6) is 0 Å². The maximum Gasteiger partial charge on any atom is 0.238 e. The first kappa shape index (κ1) is 11.2. The molecule has 5 heteroatoms. The van der Waals surface area contributed by atoms with Crippen molar-refractivity contribution in [2.75, 3.05) is 7.05 Å². The zero-order valence-corrected chi connectivity index (χ0v) is 9.08. The predicted molar refractivity (Wildman–Crippen MR) is 54.1 cm³/mol. The molecule has 1 aromatic rings. The monoisotopic (exact) mass is 215 g/mol. The average molecular weight is 215 g/mol. The minimum atomic E-state index is -3.56. The Kier molecular flexibility index (Phi) is 3.25. The third-order valence-electron chi connectivity index (χ3n) is 2.23. The lowest BCUT2D eigenvalue weighted by Gasteiger charge is -2.07. The van der Waals surface area contributed by atoms with Crippen LogP contribution in [-0.2, 0) is 10.0 Å². The third kappa shape index (κ3) is 2.54. The van der Waals surface area contributed by atoms with Gasteiger partial charge in [-0.3, -0.25) is 0 Å². The van der Waals surface area contributed by atoms with Crippen molar-refractivity contribution in [1.82, 2.24) is 0 Å². The lowest BCUT2D eigenvalue weighted by atomic mass is 10.1. The molecule has 4 N–H and O–H groups in total. The molecule has 0 aliphatic heterocycles. The van der Waals surface area contributed by atoms with Crippen LogP contribution in [0.1, 0.15) is 18.5 Å². The molecule has 0 saturated carbocycles. The lowest BCUT2D eigenvalue weighted by Crippen LogP contribution is -2.80. The normalized spacial score (nSPS) is 13.9. The van der Waals surface area contributed by atoms with Gasteiger partial charge in [0.1, 0.15) is 6.04 Å². The fraction of sp³-hybridized carbons (Fsp3) is 0.333. The van der Waals surface area contributed by atoms with E-state index >= 15 is 0 Å². The molecule has 1 atom stereocenters. The molecule has 0 unspecified atom stereocenters. The van der Waals surface area contributed by atoms with Gasteiger partial charge in [0.2, 0.25) is 10.0 Å². The van der Waals surface area contributed by atoms with Gasteiger partial charge >= 0.3 is 0 Å². The molecule has 0 fully saturated rings. The number of benzene rings is 1. The van der Waals surface area contributed by atoms with Gasteiger partial charge in [-0.15, -0.1) is 0 Å². The zero-order valence-electron chi connectivity index (χ0n) is 8.27. The fourth-order valence-corrected chi connectivity index (χ4v) is 1.67. The summed E-state index contributed by atoms with van der Waals surface area (Å²) in [5.74, 6) is 0. The van der Waals surface area contributed by atoms with Gasteiger partial charge in [0.15, 0.2) is 0 Å². The van der Waals surface area contributed by atoms with Gasteiger partial charge in [0.25, 0.3) is 0 Å². The molecule has 0 aliphatic rings. The number of quaternary nitrogens is 1. The van der Waals surface area contributed by atoms with Gasteiger partial charge in [-0.05, 0) is 19.1 Å². The van der Waals surface area contributed by atoms with E-state index in [1.165, 1.54) is 12.1 Å². The summed E-state index contributed by atoms with van der Waals surface area (Å²) in [7, 11) is -1.59. The van der Waals surface area contributed by atoms with Gasteiger partial charge in [-0.2, -0.15) is 0 Å². The molecule has 0 aliphatic carbocycles.